The Hall–Kier alpha value is -0.440. The van der Waals surface area contributed by atoms with Crippen LogP contribution in [-0.4, -0.2) is 45.2 Å². The molecule has 21 heavy (non-hydrogen) atoms. The van der Waals surface area contributed by atoms with Crippen molar-refractivity contribution in [1.29, 1.82) is 0 Å². The molecule has 0 saturated carbocycles. The molecule has 118 valence electrons. The van der Waals surface area contributed by atoms with E-state index in [1.54, 1.807) is 25.1 Å². The van der Waals surface area contributed by atoms with Crippen LogP contribution in [-0.2, 0) is 19.9 Å². The van der Waals surface area contributed by atoms with Crippen LogP contribution in [0.1, 0.15) is 18.9 Å². The summed E-state index contributed by atoms with van der Waals surface area (Å²) in [6.45, 7) is 3.81. The maximum Gasteiger partial charge on any atom is 0.243 e. The quantitative estimate of drug-likeness (QED) is 0.780. The van der Waals surface area contributed by atoms with Gasteiger partial charge in [0.25, 0.3) is 0 Å². The van der Waals surface area contributed by atoms with E-state index < -0.39 is 25.9 Å². The Morgan fingerprint density at radius 1 is 1.38 bits per heavy atom. The number of nitrogens with zero attached hydrogens (tertiary/aromatic N) is 1. The van der Waals surface area contributed by atoms with Crippen LogP contribution in [0.15, 0.2) is 27.6 Å². The van der Waals surface area contributed by atoms with Gasteiger partial charge in [-0.2, -0.15) is 4.31 Å². The summed E-state index contributed by atoms with van der Waals surface area (Å²) in [5.74, 6) is -0.0291. The molecule has 1 fully saturated rings. The van der Waals surface area contributed by atoms with E-state index in [1.807, 2.05) is 6.92 Å². The van der Waals surface area contributed by atoms with E-state index in [9.17, 15) is 16.8 Å². The van der Waals surface area contributed by atoms with Gasteiger partial charge in [0.2, 0.25) is 10.0 Å². The Morgan fingerprint density at radius 3 is 2.52 bits per heavy atom. The van der Waals surface area contributed by atoms with E-state index in [-0.39, 0.29) is 22.9 Å². The van der Waals surface area contributed by atoms with Crippen molar-refractivity contribution in [1.82, 2.24) is 4.31 Å². The molecule has 1 aliphatic rings. The molecule has 0 radical (unpaired) electrons. The fraction of sp³-hybridized carbons (Fsp3) is 0.538. The van der Waals surface area contributed by atoms with Gasteiger partial charge in [0.05, 0.1) is 16.4 Å². The first kappa shape index (κ1) is 16.9. The first-order valence-corrected chi connectivity index (χ1v) is 10.7. The Morgan fingerprint density at radius 2 is 2.05 bits per heavy atom. The Balaban J connectivity index is 2.38. The highest BCUT2D eigenvalue weighted by molar-refractivity contribution is 9.10. The molecule has 1 heterocycles. The normalized spacial score (nSPS) is 21.8. The molecule has 0 unspecified atom stereocenters. The number of halogens is 1. The van der Waals surface area contributed by atoms with Crippen molar-refractivity contribution < 1.29 is 16.8 Å². The second kappa shape index (κ2) is 5.98. The van der Waals surface area contributed by atoms with Gasteiger partial charge in [0.15, 0.2) is 9.84 Å². The third kappa shape index (κ3) is 3.49. The lowest BCUT2D eigenvalue weighted by molar-refractivity contribution is 0.354. The standard InChI is InChI=1S/C13H18BrNO4S2/c1-3-15(11-6-7-20(16,17)9-11)21(18,19)12-4-5-13(14)10(2)8-12/h4-5,8,11H,3,6-7,9H2,1-2H3/t11-/m1/s1. The van der Waals surface area contributed by atoms with Crippen molar-refractivity contribution in [2.45, 2.75) is 31.2 Å². The highest BCUT2D eigenvalue weighted by Crippen LogP contribution is 2.27. The third-order valence-corrected chi connectivity index (χ3v) is 8.33. The number of benzene rings is 1. The van der Waals surface area contributed by atoms with Crippen LogP contribution in [0.4, 0.5) is 0 Å². The van der Waals surface area contributed by atoms with E-state index in [0.717, 1.165) is 10.0 Å². The van der Waals surface area contributed by atoms with Crippen LogP contribution in [0.3, 0.4) is 0 Å². The minimum absolute atomic E-state index is 0.0586. The number of rotatable bonds is 4. The number of aryl methyl sites for hydroxylation is 1. The predicted octanol–water partition coefficient (Wildman–Crippen LogP) is 1.96. The van der Waals surface area contributed by atoms with Gasteiger partial charge in [0.1, 0.15) is 0 Å². The molecule has 1 atom stereocenters. The van der Waals surface area contributed by atoms with Crippen molar-refractivity contribution in [3.05, 3.63) is 28.2 Å². The van der Waals surface area contributed by atoms with E-state index in [4.69, 9.17) is 0 Å². The third-order valence-electron chi connectivity index (χ3n) is 3.66. The van der Waals surface area contributed by atoms with E-state index in [0.29, 0.717) is 6.42 Å². The molecule has 1 saturated heterocycles. The zero-order valence-electron chi connectivity index (χ0n) is 11.9. The molecule has 0 aliphatic carbocycles. The highest BCUT2D eigenvalue weighted by Gasteiger charge is 2.37. The first-order chi connectivity index (χ1) is 9.67. The fourth-order valence-electron chi connectivity index (χ4n) is 2.54. The van der Waals surface area contributed by atoms with Crippen LogP contribution in [0, 0.1) is 6.92 Å². The van der Waals surface area contributed by atoms with Crippen LogP contribution >= 0.6 is 15.9 Å². The summed E-state index contributed by atoms with van der Waals surface area (Å²) >= 11 is 3.34. The van der Waals surface area contributed by atoms with Gasteiger partial charge in [0, 0.05) is 17.1 Å². The zero-order valence-corrected chi connectivity index (χ0v) is 15.1. The molecule has 0 amide bonds. The second-order valence-corrected chi connectivity index (χ2v) is 10.1. The maximum atomic E-state index is 12.7. The minimum atomic E-state index is -3.68. The molecule has 0 N–H and O–H groups in total. The molecule has 1 aromatic rings. The Labute approximate surface area is 134 Å². The molecule has 1 aromatic carbocycles. The summed E-state index contributed by atoms with van der Waals surface area (Å²) in [4.78, 5) is 0.203. The smallest absolute Gasteiger partial charge is 0.229 e. The van der Waals surface area contributed by atoms with E-state index >= 15 is 0 Å². The molecular weight excluding hydrogens is 378 g/mol. The van der Waals surface area contributed by atoms with Gasteiger partial charge >= 0.3 is 0 Å². The Bertz CT molecular complexity index is 743. The number of hydrogen-bond acceptors (Lipinski definition) is 4. The molecule has 8 heteroatoms. The van der Waals surface area contributed by atoms with Crippen LogP contribution in [0.2, 0.25) is 0 Å². The lowest BCUT2D eigenvalue weighted by Gasteiger charge is -2.26. The van der Waals surface area contributed by atoms with Crippen LogP contribution < -0.4 is 0 Å². The van der Waals surface area contributed by atoms with Gasteiger partial charge in [-0.1, -0.05) is 22.9 Å². The average Bonchev–Trinajstić information content (AvgIpc) is 2.73. The monoisotopic (exact) mass is 395 g/mol. The molecule has 1 aliphatic heterocycles. The lowest BCUT2D eigenvalue weighted by Crippen LogP contribution is -2.40. The largest absolute Gasteiger partial charge is 0.243 e. The summed E-state index contributed by atoms with van der Waals surface area (Å²) in [5.41, 5.74) is 0.825. The van der Waals surface area contributed by atoms with Crippen molar-refractivity contribution in [2.75, 3.05) is 18.1 Å². The molecule has 2 rings (SSSR count). The zero-order chi connectivity index (χ0) is 15.8. The van der Waals surface area contributed by atoms with Crippen molar-refractivity contribution in [3.63, 3.8) is 0 Å². The highest BCUT2D eigenvalue weighted by atomic mass is 79.9. The number of sulfone groups is 1. The minimum Gasteiger partial charge on any atom is -0.229 e. The van der Waals surface area contributed by atoms with Crippen molar-refractivity contribution in [3.8, 4) is 0 Å². The van der Waals surface area contributed by atoms with Crippen LogP contribution in [0.25, 0.3) is 0 Å². The topological polar surface area (TPSA) is 71.5 Å². The number of hydrogen-bond donors (Lipinski definition) is 0. The molecule has 0 bridgehead atoms. The van der Waals surface area contributed by atoms with Gasteiger partial charge < -0.3 is 0 Å². The summed E-state index contributed by atoms with van der Waals surface area (Å²) in [6, 6.07) is 4.37. The summed E-state index contributed by atoms with van der Waals surface area (Å²) in [5, 5.41) is 0. The lowest BCUT2D eigenvalue weighted by atomic mass is 10.2. The summed E-state index contributed by atoms with van der Waals surface area (Å²) in [6.07, 6.45) is 0.366. The SMILES string of the molecule is CCN([C@@H]1CCS(=O)(=O)C1)S(=O)(=O)c1ccc(Br)c(C)c1. The predicted molar refractivity (Wildman–Crippen MR) is 85.5 cm³/mol. The molecule has 0 spiro atoms. The van der Waals surface area contributed by atoms with E-state index in [1.165, 1.54) is 4.31 Å². The van der Waals surface area contributed by atoms with E-state index in [2.05, 4.69) is 15.9 Å². The molecular formula is C13H18BrNO4S2. The summed E-state index contributed by atoms with van der Waals surface area (Å²) < 4.78 is 50.8. The Kier molecular flexibility index (Phi) is 4.82. The molecule has 5 nitrogen and oxygen atoms in total. The van der Waals surface area contributed by atoms with Gasteiger partial charge in [-0.25, -0.2) is 16.8 Å². The molecule has 0 aromatic heterocycles. The van der Waals surface area contributed by atoms with Gasteiger partial charge in [-0.3, -0.25) is 0 Å². The fourth-order valence-corrected chi connectivity index (χ4v) is 6.36. The van der Waals surface area contributed by atoms with Gasteiger partial charge in [-0.15, -0.1) is 0 Å². The van der Waals surface area contributed by atoms with Crippen molar-refractivity contribution in [2.24, 2.45) is 0 Å². The first-order valence-electron chi connectivity index (χ1n) is 6.66. The van der Waals surface area contributed by atoms with Gasteiger partial charge in [-0.05, 0) is 37.1 Å². The van der Waals surface area contributed by atoms with Crippen molar-refractivity contribution >= 4 is 35.8 Å². The number of sulfonamides is 1. The van der Waals surface area contributed by atoms with Crippen LogP contribution in [0.5, 0.6) is 0 Å². The maximum absolute atomic E-state index is 12.7. The second-order valence-electron chi connectivity index (χ2n) is 5.18. The summed E-state index contributed by atoms with van der Waals surface area (Å²) in [7, 11) is -6.80. The average molecular weight is 396 g/mol.